The van der Waals surface area contributed by atoms with Gasteiger partial charge in [0, 0.05) is 16.4 Å². The predicted octanol–water partition coefficient (Wildman–Crippen LogP) is 8.41. The molecule has 0 amide bonds. The Kier molecular flexibility index (Phi) is 9.54. The molecule has 2 heterocycles. The first-order chi connectivity index (χ1) is 20.8. The zero-order chi connectivity index (χ0) is 30.3. The molecule has 1 atom stereocenters. The third-order valence-electron chi connectivity index (χ3n) is 6.56. The molecular weight excluding hydrogens is 583 g/mol. The van der Waals surface area contributed by atoms with Crippen LogP contribution in [0.5, 0.6) is 23.0 Å². The van der Waals surface area contributed by atoms with Gasteiger partial charge in [0.05, 0.1) is 22.6 Å². The van der Waals surface area contributed by atoms with Crippen molar-refractivity contribution in [3.8, 4) is 34.3 Å². The number of para-hydroxylation sites is 1. The molecule has 1 aliphatic heterocycles. The highest BCUT2D eigenvalue weighted by atomic mass is 32.2. The fourth-order valence-electron chi connectivity index (χ4n) is 4.36. The highest BCUT2D eigenvalue weighted by Gasteiger charge is 2.19. The summed E-state index contributed by atoms with van der Waals surface area (Å²) in [5.41, 5.74) is 2.69. The minimum Gasteiger partial charge on any atom is -0.497 e. The first kappa shape index (κ1) is 30.0. The summed E-state index contributed by atoms with van der Waals surface area (Å²) in [6, 6.07) is 21.1. The number of methoxy groups -OCH3 is 1. The number of aryl methyl sites for hydroxylation is 1. The van der Waals surface area contributed by atoms with E-state index in [0.717, 1.165) is 48.0 Å². The number of allylic oxidation sites excluding steroid dienone is 3. The average molecular weight is 614 g/mol. The number of nitrogens with zero attached hydrogens (tertiary/aromatic N) is 1. The van der Waals surface area contributed by atoms with Crippen LogP contribution in [-0.4, -0.2) is 29.8 Å². The lowest BCUT2D eigenvalue weighted by Gasteiger charge is -2.20. The fraction of sp³-hybridized carbons (Fsp3) is 0.176. The fourth-order valence-corrected chi connectivity index (χ4v) is 6.29. The first-order valence-corrected chi connectivity index (χ1v) is 15.2. The van der Waals surface area contributed by atoms with Gasteiger partial charge in [-0.3, -0.25) is 0 Å². The van der Waals surface area contributed by atoms with Crippen molar-refractivity contribution >= 4 is 29.1 Å². The molecule has 0 aliphatic carbocycles. The molecule has 9 heteroatoms. The number of carboxylic acid groups (broad SMARTS) is 1. The standard InChI is InChI=1S/C34H31NO6S2/c1-21(8-7-11-29-23(3)41-28-9-5-6-10-30(28)42-29)34-33(24-12-14-25(38-4)15-13-24)35-31(43-34)19-39-26-16-17-27(22(2)18-26)40-20-32(36)37/h5-18,21H,3,19-20H2,1-2,4H3,(H,36,37)/b8-7-,29-11+. The lowest BCUT2D eigenvalue weighted by Crippen LogP contribution is -2.10. The number of thioether (sulfide) groups is 1. The molecule has 4 aromatic rings. The monoisotopic (exact) mass is 613 g/mol. The average Bonchev–Trinajstić information content (AvgIpc) is 3.44. The summed E-state index contributed by atoms with van der Waals surface area (Å²) in [4.78, 5) is 18.9. The van der Waals surface area contributed by atoms with Crippen molar-refractivity contribution in [1.29, 1.82) is 0 Å². The van der Waals surface area contributed by atoms with E-state index in [0.29, 0.717) is 17.3 Å². The molecule has 220 valence electrons. The minimum atomic E-state index is -1.02. The Balaban J connectivity index is 1.35. The molecule has 0 fully saturated rings. The van der Waals surface area contributed by atoms with Crippen LogP contribution < -0.4 is 18.9 Å². The van der Waals surface area contributed by atoms with Gasteiger partial charge in [0.15, 0.2) is 6.61 Å². The smallest absolute Gasteiger partial charge is 0.341 e. The number of hydrogen-bond donors (Lipinski definition) is 1. The summed E-state index contributed by atoms with van der Waals surface area (Å²) in [5.74, 6) is 2.45. The van der Waals surface area contributed by atoms with E-state index in [1.807, 2.05) is 73.7 Å². The molecule has 0 radical (unpaired) electrons. The Morgan fingerprint density at radius 3 is 2.60 bits per heavy atom. The van der Waals surface area contributed by atoms with Crippen LogP contribution in [0.1, 0.15) is 28.3 Å². The Morgan fingerprint density at radius 2 is 1.86 bits per heavy atom. The van der Waals surface area contributed by atoms with Crippen LogP contribution in [-0.2, 0) is 11.4 Å². The van der Waals surface area contributed by atoms with Gasteiger partial charge in [-0.25, -0.2) is 9.78 Å². The molecule has 0 saturated carbocycles. The van der Waals surface area contributed by atoms with Gasteiger partial charge >= 0.3 is 5.97 Å². The number of aromatic nitrogens is 1. The summed E-state index contributed by atoms with van der Waals surface area (Å²) in [6.45, 7) is 7.98. The van der Waals surface area contributed by atoms with Crippen molar-refractivity contribution < 1.29 is 28.8 Å². The van der Waals surface area contributed by atoms with Crippen LogP contribution >= 0.6 is 23.1 Å². The molecular formula is C34H31NO6S2. The molecule has 1 aromatic heterocycles. The highest BCUT2D eigenvalue weighted by Crippen LogP contribution is 2.43. The summed E-state index contributed by atoms with van der Waals surface area (Å²) in [7, 11) is 1.65. The summed E-state index contributed by atoms with van der Waals surface area (Å²) in [6.07, 6.45) is 6.22. The van der Waals surface area contributed by atoms with Crippen LogP contribution in [0.3, 0.4) is 0 Å². The van der Waals surface area contributed by atoms with E-state index in [-0.39, 0.29) is 12.5 Å². The summed E-state index contributed by atoms with van der Waals surface area (Å²) < 4.78 is 22.7. The number of hydrogen-bond acceptors (Lipinski definition) is 8. The van der Waals surface area contributed by atoms with Gasteiger partial charge in [-0.2, -0.15) is 0 Å². The molecule has 0 bridgehead atoms. The van der Waals surface area contributed by atoms with E-state index in [2.05, 4.69) is 19.6 Å². The van der Waals surface area contributed by atoms with E-state index in [4.69, 9.17) is 29.0 Å². The van der Waals surface area contributed by atoms with Gasteiger partial charge < -0.3 is 24.1 Å². The number of carbonyl (C=O) groups is 1. The third-order valence-corrected chi connectivity index (χ3v) is 8.93. The molecule has 3 aromatic carbocycles. The largest absolute Gasteiger partial charge is 0.497 e. The molecule has 1 N–H and O–H groups in total. The Morgan fingerprint density at radius 1 is 1.09 bits per heavy atom. The summed E-state index contributed by atoms with van der Waals surface area (Å²) in [5, 5.41) is 9.71. The van der Waals surface area contributed by atoms with E-state index in [9.17, 15) is 4.79 Å². The Hall–Kier alpha value is -4.47. The maximum atomic E-state index is 10.8. The molecule has 7 nitrogen and oxygen atoms in total. The quantitative estimate of drug-likeness (QED) is 0.180. The maximum Gasteiger partial charge on any atom is 0.341 e. The van der Waals surface area contributed by atoms with Crippen molar-refractivity contribution in [2.24, 2.45) is 0 Å². The minimum absolute atomic E-state index is 0.0724. The van der Waals surface area contributed by atoms with Gasteiger partial charge in [-0.1, -0.05) is 49.5 Å². The lowest BCUT2D eigenvalue weighted by molar-refractivity contribution is -0.139. The van der Waals surface area contributed by atoms with E-state index < -0.39 is 12.6 Å². The van der Waals surface area contributed by atoms with Crippen molar-refractivity contribution in [3.63, 3.8) is 0 Å². The van der Waals surface area contributed by atoms with Crippen LogP contribution in [0, 0.1) is 6.92 Å². The SMILES string of the molecule is C=C1Oc2ccccc2S/C1=C/C=C\C(C)c1sc(COc2ccc(OCC(=O)O)c(C)c2)nc1-c1ccc(OC)cc1. The number of benzene rings is 3. The molecule has 0 spiro atoms. The molecule has 1 unspecified atom stereocenters. The third kappa shape index (κ3) is 7.49. The maximum absolute atomic E-state index is 10.8. The topological polar surface area (TPSA) is 87.1 Å². The Labute approximate surface area is 259 Å². The van der Waals surface area contributed by atoms with E-state index in [1.165, 1.54) is 0 Å². The number of thiazole rings is 1. The lowest BCUT2D eigenvalue weighted by atomic mass is 10.0. The number of ether oxygens (including phenoxy) is 4. The van der Waals surface area contributed by atoms with Gasteiger partial charge in [-0.05, 0) is 73.2 Å². The molecule has 1 aliphatic rings. The van der Waals surface area contributed by atoms with Crippen LogP contribution in [0.2, 0.25) is 0 Å². The van der Waals surface area contributed by atoms with Crippen molar-refractivity contribution in [3.05, 3.63) is 118 Å². The van der Waals surface area contributed by atoms with Crippen molar-refractivity contribution in [1.82, 2.24) is 4.98 Å². The molecule has 5 rings (SSSR count). The second-order valence-corrected chi connectivity index (χ2v) is 11.9. The molecule has 0 saturated heterocycles. The van der Waals surface area contributed by atoms with Crippen LogP contribution in [0.25, 0.3) is 11.3 Å². The number of aliphatic carboxylic acids is 1. The van der Waals surface area contributed by atoms with Gasteiger partial charge in [0.1, 0.15) is 40.4 Å². The first-order valence-electron chi connectivity index (χ1n) is 13.5. The van der Waals surface area contributed by atoms with Crippen molar-refractivity contribution in [2.45, 2.75) is 31.3 Å². The molecule has 43 heavy (non-hydrogen) atoms. The zero-order valence-electron chi connectivity index (χ0n) is 24.0. The van der Waals surface area contributed by atoms with Gasteiger partial charge in [-0.15, -0.1) is 11.3 Å². The van der Waals surface area contributed by atoms with Crippen LogP contribution in [0.15, 0.2) is 107 Å². The van der Waals surface area contributed by atoms with Crippen LogP contribution in [0.4, 0.5) is 0 Å². The normalized spacial score (nSPS) is 14.3. The van der Waals surface area contributed by atoms with E-state index in [1.54, 1.807) is 42.3 Å². The number of rotatable bonds is 11. The second-order valence-electron chi connectivity index (χ2n) is 9.73. The number of fused-ring (bicyclic) bond motifs is 1. The highest BCUT2D eigenvalue weighted by molar-refractivity contribution is 8.03. The number of carboxylic acids is 1. The van der Waals surface area contributed by atoms with E-state index >= 15 is 0 Å². The zero-order valence-corrected chi connectivity index (χ0v) is 25.7. The van der Waals surface area contributed by atoms with Gasteiger partial charge in [0.2, 0.25) is 0 Å². The van der Waals surface area contributed by atoms with Crippen molar-refractivity contribution in [2.75, 3.05) is 13.7 Å². The van der Waals surface area contributed by atoms with Gasteiger partial charge in [0.25, 0.3) is 0 Å². The predicted molar refractivity (Wildman–Crippen MR) is 170 cm³/mol. The second kappa shape index (κ2) is 13.7. The Bertz CT molecular complexity index is 1690. The summed E-state index contributed by atoms with van der Waals surface area (Å²) >= 11 is 3.25.